The lowest BCUT2D eigenvalue weighted by atomic mass is 10.2. The fourth-order valence-corrected chi connectivity index (χ4v) is 3.98. The highest BCUT2D eigenvalue weighted by Crippen LogP contribution is 2.37. The van der Waals surface area contributed by atoms with Crippen molar-refractivity contribution in [3.8, 4) is 17.2 Å². The first-order valence-electron chi connectivity index (χ1n) is 9.10. The van der Waals surface area contributed by atoms with Crippen LogP contribution >= 0.6 is 11.8 Å². The number of aliphatic imine (C=N–C) groups is 1. The van der Waals surface area contributed by atoms with E-state index in [1.807, 2.05) is 62.4 Å². The van der Waals surface area contributed by atoms with E-state index in [1.165, 1.54) is 11.8 Å². The lowest BCUT2D eigenvalue weighted by Gasteiger charge is -2.12. The molecule has 0 aliphatic carbocycles. The van der Waals surface area contributed by atoms with E-state index in [0.717, 1.165) is 22.7 Å². The quantitative estimate of drug-likeness (QED) is 0.700. The SMILES string of the molecule is CCOc1ccc(N=C2S/C(=C\c3ccc4c(c3)OCO4)C(=O)N2CC)cc1. The van der Waals surface area contributed by atoms with Gasteiger partial charge in [0.2, 0.25) is 6.79 Å². The Kier molecular flexibility index (Phi) is 5.25. The molecule has 0 N–H and O–H groups in total. The minimum absolute atomic E-state index is 0.0464. The van der Waals surface area contributed by atoms with Gasteiger partial charge in [-0.15, -0.1) is 0 Å². The fraction of sp³-hybridized carbons (Fsp3) is 0.238. The summed E-state index contributed by atoms with van der Waals surface area (Å²) in [6.45, 7) is 5.29. The van der Waals surface area contributed by atoms with Gasteiger partial charge >= 0.3 is 0 Å². The van der Waals surface area contributed by atoms with Crippen molar-refractivity contribution in [2.45, 2.75) is 13.8 Å². The molecule has 2 heterocycles. The molecule has 6 nitrogen and oxygen atoms in total. The zero-order chi connectivity index (χ0) is 19.5. The van der Waals surface area contributed by atoms with Gasteiger partial charge in [-0.2, -0.15) is 0 Å². The standard InChI is InChI=1S/C21H20N2O4S/c1-3-23-20(24)19(12-14-5-10-17-18(11-14)27-13-26-17)28-21(23)22-15-6-8-16(9-7-15)25-4-2/h5-12H,3-4,13H2,1-2H3/b19-12-,22-21?. The zero-order valence-corrected chi connectivity index (χ0v) is 16.5. The van der Waals surface area contributed by atoms with Crippen molar-refractivity contribution in [2.24, 2.45) is 4.99 Å². The summed E-state index contributed by atoms with van der Waals surface area (Å²) in [5, 5.41) is 0.670. The van der Waals surface area contributed by atoms with Crippen LogP contribution in [0.3, 0.4) is 0 Å². The molecule has 0 bridgehead atoms. The van der Waals surface area contributed by atoms with Gasteiger partial charge in [-0.25, -0.2) is 4.99 Å². The van der Waals surface area contributed by atoms with Crippen LogP contribution in [-0.2, 0) is 4.79 Å². The van der Waals surface area contributed by atoms with E-state index < -0.39 is 0 Å². The van der Waals surface area contributed by atoms with Crippen LogP contribution in [0.4, 0.5) is 5.69 Å². The molecule has 1 amide bonds. The van der Waals surface area contributed by atoms with Gasteiger partial charge in [-0.3, -0.25) is 9.69 Å². The Labute approximate surface area is 167 Å². The van der Waals surface area contributed by atoms with Crippen molar-refractivity contribution in [3.05, 3.63) is 52.9 Å². The Hall–Kier alpha value is -2.93. The van der Waals surface area contributed by atoms with Gasteiger partial charge in [0.15, 0.2) is 16.7 Å². The van der Waals surface area contributed by atoms with Crippen molar-refractivity contribution >= 4 is 34.6 Å². The minimum atomic E-state index is -0.0464. The number of thioether (sulfide) groups is 1. The normalized spacial score (nSPS) is 18.4. The van der Waals surface area contributed by atoms with Crippen LogP contribution < -0.4 is 14.2 Å². The first-order chi connectivity index (χ1) is 13.7. The van der Waals surface area contributed by atoms with Crippen molar-refractivity contribution < 1.29 is 19.0 Å². The summed E-state index contributed by atoms with van der Waals surface area (Å²) in [6.07, 6.45) is 1.86. The number of amidine groups is 1. The highest BCUT2D eigenvalue weighted by atomic mass is 32.2. The van der Waals surface area contributed by atoms with Crippen LogP contribution in [-0.4, -0.2) is 35.9 Å². The Morgan fingerprint density at radius 2 is 1.93 bits per heavy atom. The molecule has 0 saturated carbocycles. The molecule has 2 aliphatic rings. The van der Waals surface area contributed by atoms with Crippen molar-refractivity contribution in [1.29, 1.82) is 0 Å². The summed E-state index contributed by atoms with van der Waals surface area (Å²) >= 11 is 1.37. The van der Waals surface area contributed by atoms with Crippen LogP contribution in [0, 0.1) is 0 Å². The van der Waals surface area contributed by atoms with Crippen molar-refractivity contribution in [1.82, 2.24) is 4.90 Å². The summed E-state index contributed by atoms with van der Waals surface area (Å²) in [4.78, 5) is 19.8. The fourth-order valence-electron chi connectivity index (χ4n) is 2.92. The number of ether oxygens (including phenoxy) is 3. The van der Waals surface area contributed by atoms with Crippen LogP contribution in [0.25, 0.3) is 6.08 Å². The highest BCUT2D eigenvalue weighted by Gasteiger charge is 2.32. The smallest absolute Gasteiger partial charge is 0.266 e. The number of fused-ring (bicyclic) bond motifs is 1. The van der Waals surface area contributed by atoms with Gasteiger partial charge < -0.3 is 14.2 Å². The maximum Gasteiger partial charge on any atom is 0.266 e. The average Bonchev–Trinajstić information content (AvgIpc) is 3.28. The van der Waals surface area contributed by atoms with Gasteiger partial charge in [0, 0.05) is 6.54 Å². The second-order valence-electron chi connectivity index (χ2n) is 6.09. The molecular weight excluding hydrogens is 376 g/mol. The average molecular weight is 396 g/mol. The van der Waals surface area contributed by atoms with Gasteiger partial charge in [0.25, 0.3) is 5.91 Å². The molecule has 1 fully saturated rings. The van der Waals surface area contributed by atoms with E-state index >= 15 is 0 Å². The maximum atomic E-state index is 12.8. The Morgan fingerprint density at radius 3 is 2.68 bits per heavy atom. The molecule has 4 rings (SSSR count). The van der Waals surface area contributed by atoms with Gasteiger partial charge in [-0.1, -0.05) is 6.07 Å². The molecule has 0 radical (unpaired) electrons. The number of benzene rings is 2. The van der Waals surface area contributed by atoms with E-state index in [-0.39, 0.29) is 12.7 Å². The monoisotopic (exact) mass is 396 g/mol. The van der Waals surface area contributed by atoms with Crippen LogP contribution in [0.15, 0.2) is 52.4 Å². The first-order valence-corrected chi connectivity index (χ1v) is 9.92. The molecule has 28 heavy (non-hydrogen) atoms. The lowest BCUT2D eigenvalue weighted by molar-refractivity contribution is -0.122. The van der Waals surface area contributed by atoms with E-state index in [1.54, 1.807) is 4.90 Å². The molecule has 0 spiro atoms. The zero-order valence-electron chi connectivity index (χ0n) is 15.7. The third kappa shape index (κ3) is 3.71. The Morgan fingerprint density at radius 1 is 1.14 bits per heavy atom. The maximum absolute atomic E-state index is 12.8. The molecule has 2 aliphatic heterocycles. The van der Waals surface area contributed by atoms with Crippen molar-refractivity contribution in [2.75, 3.05) is 19.9 Å². The molecule has 0 aromatic heterocycles. The van der Waals surface area contributed by atoms with Crippen LogP contribution in [0.2, 0.25) is 0 Å². The van der Waals surface area contributed by atoms with E-state index in [2.05, 4.69) is 4.99 Å². The van der Waals surface area contributed by atoms with Crippen LogP contribution in [0.5, 0.6) is 17.2 Å². The minimum Gasteiger partial charge on any atom is -0.494 e. The second-order valence-corrected chi connectivity index (χ2v) is 7.10. The number of carbonyl (C=O) groups excluding carboxylic acids is 1. The lowest BCUT2D eigenvalue weighted by Crippen LogP contribution is -2.28. The first kappa shape index (κ1) is 18.4. The van der Waals surface area contributed by atoms with E-state index in [4.69, 9.17) is 14.2 Å². The van der Waals surface area contributed by atoms with E-state index in [0.29, 0.717) is 29.0 Å². The predicted octanol–water partition coefficient (Wildman–Crippen LogP) is 4.44. The molecule has 1 saturated heterocycles. The second kappa shape index (κ2) is 7.98. The Balaban J connectivity index is 1.59. The molecule has 7 heteroatoms. The van der Waals surface area contributed by atoms with Gasteiger partial charge in [0.05, 0.1) is 17.2 Å². The summed E-state index contributed by atoms with van der Waals surface area (Å²) in [5.41, 5.74) is 1.67. The summed E-state index contributed by atoms with van der Waals surface area (Å²) in [7, 11) is 0. The molecule has 0 unspecified atom stereocenters. The highest BCUT2D eigenvalue weighted by molar-refractivity contribution is 8.18. The largest absolute Gasteiger partial charge is 0.494 e. The van der Waals surface area contributed by atoms with Gasteiger partial charge in [-0.05, 0) is 73.6 Å². The summed E-state index contributed by atoms with van der Waals surface area (Å²) < 4.78 is 16.2. The molecule has 2 aromatic rings. The number of hydrogen-bond donors (Lipinski definition) is 0. The third-order valence-electron chi connectivity index (χ3n) is 4.27. The third-order valence-corrected chi connectivity index (χ3v) is 5.28. The number of rotatable bonds is 5. The molecular formula is C21H20N2O4S. The molecule has 0 atom stereocenters. The summed E-state index contributed by atoms with van der Waals surface area (Å²) in [5.74, 6) is 2.17. The number of carbonyl (C=O) groups is 1. The number of amides is 1. The number of hydrogen-bond acceptors (Lipinski definition) is 6. The van der Waals surface area contributed by atoms with Crippen LogP contribution in [0.1, 0.15) is 19.4 Å². The molecule has 2 aromatic carbocycles. The Bertz CT molecular complexity index is 953. The number of likely N-dealkylation sites (N-methyl/N-ethyl adjacent to an activating group) is 1. The number of nitrogens with zero attached hydrogens (tertiary/aromatic N) is 2. The van der Waals surface area contributed by atoms with E-state index in [9.17, 15) is 4.79 Å². The molecule has 144 valence electrons. The van der Waals surface area contributed by atoms with Crippen molar-refractivity contribution in [3.63, 3.8) is 0 Å². The van der Waals surface area contributed by atoms with Gasteiger partial charge in [0.1, 0.15) is 5.75 Å². The predicted molar refractivity (Wildman–Crippen MR) is 110 cm³/mol. The topological polar surface area (TPSA) is 60.4 Å². The summed E-state index contributed by atoms with van der Waals surface area (Å²) in [6, 6.07) is 13.2.